The molecule has 0 saturated heterocycles. The quantitative estimate of drug-likeness (QED) is 0.653. The molecule has 0 bridgehead atoms. The number of rotatable bonds is 8. The lowest BCUT2D eigenvalue weighted by atomic mass is 9.99. The number of methoxy groups -OCH3 is 1. The molecule has 1 saturated carbocycles. The molecule has 102 valence electrons. The van der Waals surface area contributed by atoms with Crippen molar-refractivity contribution in [1.82, 2.24) is 5.32 Å². The first-order valence-electron chi connectivity index (χ1n) is 7.32. The third-order valence-electron chi connectivity index (χ3n) is 4.11. The molecule has 0 amide bonds. The Kier molecular flexibility index (Phi) is 6.50. The molecule has 2 nitrogen and oxygen atoms in total. The van der Waals surface area contributed by atoms with Crippen LogP contribution in [0.1, 0.15) is 65.7 Å². The summed E-state index contributed by atoms with van der Waals surface area (Å²) >= 11 is 0. The minimum atomic E-state index is -0.00211. The van der Waals surface area contributed by atoms with Crippen LogP contribution < -0.4 is 5.32 Å². The molecule has 1 unspecified atom stereocenters. The predicted molar refractivity (Wildman–Crippen MR) is 74.4 cm³/mol. The lowest BCUT2D eigenvalue weighted by Crippen LogP contribution is -2.36. The second-order valence-corrected chi connectivity index (χ2v) is 6.32. The SMILES string of the molecule is COC(C)(C)CC(C)NCCCC1CCCC1. The zero-order chi connectivity index (χ0) is 12.7. The molecule has 1 aliphatic rings. The molecule has 0 aliphatic heterocycles. The highest BCUT2D eigenvalue weighted by Crippen LogP contribution is 2.28. The van der Waals surface area contributed by atoms with E-state index < -0.39 is 0 Å². The lowest BCUT2D eigenvalue weighted by Gasteiger charge is -2.27. The second-order valence-electron chi connectivity index (χ2n) is 6.32. The first kappa shape index (κ1) is 15.0. The Balaban J connectivity index is 2.01. The fraction of sp³-hybridized carbons (Fsp3) is 1.00. The van der Waals surface area contributed by atoms with Crippen molar-refractivity contribution in [3.63, 3.8) is 0 Å². The highest BCUT2D eigenvalue weighted by Gasteiger charge is 2.20. The van der Waals surface area contributed by atoms with Crippen LogP contribution in [0.2, 0.25) is 0 Å². The molecule has 17 heavy (non-hydrogen) atoms. The molecule has 0 heterocycles. The van der Waals surface area contributed by atoms with Gasteiger partial charge in [-0.3, -0.25) is 0 Å². The molecule has 1 rings (SSSR count). The smallest absolute Gasteiger partial charge is 0.0637 e. The highest BCUT2D eigenvalue weighted by atomic mass is 16.5. The fourth-order valence-corrected chi connectivity index (χ4v) is 2.93. The number of ether oxygens (including phenoxy) is 1. The van der Waals surface area contributed by atoms with Crippen LogP contribution in [-0.4, -0.2) is 25.3 Å². The zero-order valence-electron chi connectivity index (χ0n) is 12.2. The van der Waals surface area contributed by atoms with Crippen LogP contribution >= 0.6 is 0 Å². The molecule has 1 aliphatic carbocycles. The number of hydrogen-bond donors (Lipinski definition) is 1. The van der Waals surface area contributed by atoms with Gasteiger partial charge in [-0.1, -0.05) is 25.7 Å². The monoisotopic (exact) mass is 241 g/mol. The van der Waals surface area contributed by atoms with Gasteiger partial charge in [0.05, 0.1) is 5.60 Å². The summed E-state index contributed by atoms with van der Waals surface area (Å²) in [6.45, 7) is 7.74. The second kappa shape index (κ2) is 7.38. The lowest BCUT2D eigenvalue weighted by molar-refractivity contribution is 0.00858. The molecule has 0 spiro atoms. The van der Waals surface area contributed by atoms with E-state index in [1.807, 2.05) is 0 Å². The van der Waals surface area contributed by atoms with Gasteiger partial charge in [0.1, 0.15) is 0 Å². The van der Waals surface area contributed by atoms with Crippen molar-refractivity contribution < 1.29 is 4.74 Å². The van der Waals surface area contributed by atoms with Crippen molar-refractivity contribution in [2.24, 2.45) is 5.92 Å². The third-order valence-corrected chi connectivity index (χ3v) is 4.11. The standard InChI is InChI=1S/C15H31NO/c1-13(12-15(2,3)17-4)16-11-7-10-14-8-5-6-9-14/h13-14,16H,5-12H2,1-4H3. The van der Waals surface area contributed by atoms with Gasteiger partial charge < -0.3 is 10.1 Å². The van der Waals surface area contributed by atoms with E-state index in [0.29, 0.717) is 6.04 Å². The Bertz CT molecular complexity index is 197. The van der Waals surface area contributed by atoms with Crippen LogP contribution in [0.15, 0.2) is 0 Å². The number of hydrogen-bond acceptors (Lipinski definition) is 2. The maximum atomic E-state index is 5.46. The van der Waals surface area contributed by atoms with Gasteiger partial charge in [-0.15, -0.1) is 0 Å². The first-order chi connectivity index (χ1) is 8.03. The Morgan fingerprint density at radius 2 is 1.94 bits per heavy atom. The van der Waals surface area contributed by atoms with Gasteiger partial charge >= 0.3 is 0 Å². The average Bonchev–Trinajstić information content (AvgIpc) is 2.77. The van der Waals surface area contributed by atoms with Gasteiger partial charge in [-0.2, -0.15) is 0 Å². The average molecular weight is 241 g/mol. The summed E-state index contributed by atoms with van der Waals surface area (Å²) in [7, 11) is 1.80. The summed E-state index contributed by atoms with van der Waals surface area (Å²) in [5, 5.41) is 3.62. The molecule has 1 atom stereocenters. The van der Waals surface area contributed by atoms with Gasteiger partial charge in [0.15, 0.2) is 0 Å². The van der Waals surface area contributed by atoms with Crippen molar-refractivity contribution in [3.8, 4) is 0 Å². The molecule has 2 heteroatoms. The Morgan fingerprint density at radius 1 is 1.29 bits per heavy atom. The van der Waals surface area contributed by atoms with E-state index in [0.717, 1.165) is 18.9 Å². The Labute approximate surface area is 108 Å². The molecule has 1 fully saturated rings. The van der Waals surface area contributed by atoms with Crippen LogP contribution in [0.25, 0.3) is 0 Å². The van der Waals surface area contributed by atoms with Gasteiger partial charge in [0, 0.05) is 13.2 Å². The van der Waals surface area contributed by atoms with E-state index >= 15 is 0 Å². The van der Waals surface area contributed by atoms with Crippen molar-refractivity contribution in [1.29, 1.82) is 0 Å². The third kappa shape index (κ3) is 6.42. The Hall–Kier alpha value is -0.0800. The summed E-state index contributed by atoms with van der Waals surface area (Å²) in [5.41, 5.74) is -0.00211. The summed E-state index contributed by atoms with van der Waals surface area (Å²) < 4.78 is 5.46. The summed E-state index contributed by atoms with van der Waals surface area (Å²) in [6, 6.07) is 0.550. The van der Waals surface area contributed by atoms with Crippen LogP contribution in [-0.2, 0) is 4.74 Å². The molecule has 0 aromatic heterocycles. The zero-order valence-corrected chi connectivity index (χ0v) is 12.2. The highest BCUT2D eigenvalue weighted by molar-refractivity contribution is 4.75. The van der Waals surface area contributed by atoms with Crippen molar-refractivity contribution in [2.45, 2.75) is 77.4 Å². The molecule has 1 N–H and O–H groups in total. The summed E-state index contributed by atoms with van der Waals surface area (Å²) in [6.07, 6.45) is 9.73. The topological polar surface area (TPSA) is 21.3 Å². The molecule has 0 aromatic carbocycles. The maximum absolute atomic E-state index is 5.46. The van der Waals surface area contributed by atoms with E-state index in [-0.39, 0.29) is 5.60 Å². The predicted octanol–water partition coefficient (Wildman–Crippen LogP) is 3.75. The van der Waals surface area contributed by atoms with E-state index in [2.05, 4.69) is 26.1 Å². The van der Waals surface area contributed by atoms with E-state index in [1.165, 1.54) is 38.5 Å². The molecule has 0 aromatic rings. The first-order valence-corrected chi connectivity index (χ1v) is 7.32. The fourth-order valence-electron chi connectivity index (χ4n) is 2.93. The molecular formula is C15H31NO. The van der Waals surface area contributed by atoms with Crippen LogP contribution in [0, 0.1) is 5.92 Å². The minimum Gasteiger partial charge on any atom is -0.379 e. The van der Waals surface area contributed by atoms with Gasteiger partial charge in [0.2, 0.25) is 0 Å². The summed E-state index contributed by atoms with van der Waals surface area (Å²) in [5.74, 6) is 1.03. The van der Waals surface area contributed by atoms with E-state index in [1.54, 1.807) is 7.11 Å². The van der Waals surface area contributed by atoms with Crippen molar-refractivity contribution in [3.05, 3.63) is 0 Å². The molecular weight excluding hydrogens is 210 g/mol. The van der Waals surface area contributed by atoms with Crippen LogP contribution in [0.4, 0.5) is 0 Å². The van der Waals surface area contributed by atoms with Crippen molar-refractivity contribution >= 4 is 0 Å². The minimum absolute atomic E-state index is 0.00211. The Morgan fingerprint density at radius 3 is 2.53 bits per heavy atom. The van der Waals surface area contributed by atoms with Crippen LogP contribution in [0.5, 0.6) is 0 Å². The number of nitrogens with one attached hydrogen (secondary N) is 1. The van der Waals surface area contributed by atoms with Gasteiger partial charge in [-0.25, -0.2) is 0 Å². The molecule has 0 radical (unpaired) electrons. The van der Waals surface area contributed by atoms with E-state index in [9.17, 15) is 0 Å². The maximum Gasteiger partial charge on any atom is 0.0637 e. The van der Waals surface area contributed by atoms with Gasteiger partial charge in [0.25, 0.3) is 0 Å². The van der Waals surface area contributed by atoms with E-state index in [4.69, 9.17) is 4.74 Å². The van der Waals surface area contributed by atoms with Crippen LogP contribution in [0.3, 0.4) is 0 Å². The van der Waals surface area contributed by atoms with Crippen molar-refractivity contribution in [2.75, 3.05) is 13.7 Å². The normalized spacial score (nSPS) is 19.8. The largest absolute Gasteiger partial charge is 0.379 e. The van der Waals surface area contributed by atoms with Gasteiger partial charge in [-0.05, 0) is 52.5 Å². The summed E-state index contributed by atoms with van der Waals surface area (Å²) in [4.78, 5) is 0.